The minimum Gasteiger partial charge on any atom is -0.493 e. The smallest absolute Gasteiger partial charge is 0.289 e. The van der Waals surface area contributed by atoms with Crippen molar-refractivity contribution >= 4 is 11.9 Å². The Hall–Kier alpha value is -3.16. The second kappa shape index (κ2) is 11.3. The Balaban J connectivity index is 1.51. The molecule has 168 valence electrons. The molecule has 1 N–H and O–H groups in total. The predicted octanol–water partition coefficient (Wildman–Crippen LogP) is 2.65. The Morgan fingerprint density at radius 2 is 1.84 bits per heavy atom. The minimum absolute atomic E-state index is 0.0542. The van der Waals surface area contributed by atoms with E-state index in [0.717, 1.165) is 56.5 Å². The molecule has 1 aromatic heterocycles. The van der Waals surface area contributed by atoms with Crippen LogP contribution in [-0.2, 0) is 6.42 Å². The molecule has 1 aliphatic rings. The number of carbonyl (C=O) groups excluding carboxylic acids is 1. The molecule has 2 heterocycles. The van der Waals surface area contributed by atoms with E-state index >= 15 is 0 Å². The van der Waals surface area contributed by atoms with Gasteiger partial charge in [0.05, 0.1) is 20.5 Å². The Labute approximate surface area is 183 Å². The van der Waals surface area contributed by atoms with Crippen LogP contribution in [0.3, 0.4) is 0 Å². The zero-order valence-corrected chi connectivity index (χ0v) is 18.6. The van der Waals surface area contributed by atoms with Crippen molar-refractivity contribution in [3.05, 3.63) is 47.9 Å². The van der Waals surface area contributed by atoms with E-state index in [2.05, 4.69) is 23.2 Å². The van der Waals surface area contributed by atoms with Crippen LogP contribution in [0.1, 0.15) is 29.5 Å². The first kappa shape index (κ1) is 22.5. The summed E-state index contributed by atoms with van der Waals surface area (Å²) in [6.45, 7) is 6.38. The molecule has 31 heavy (non-hydrogen) atoms. The molecule has 0 atom stereocenters. The second-order valence-electron chi connectivity index (χ2n) is 7.29. The highest BCUT2D eigenvalue weighted by Crippen LogP contribution is 2.27. The first-order chi connectivity index (χ1) is 15.2. The Morgan fingerprint density at radius 1 is 1.10 bits per heavy atom. The lowest BCUT2D eigenvalue weighted by Gasteiger charge is -2.36. The number of amides is 1. The van der Waals surface area contributed by atoms with Crippen LogP contribution in [0.25, 0.3) is 0 Å². The van der Waals surface area contributed by atoms with Gasteiger partial charge in [0, 0.05) is 39.3 Å². The van der Waals surface area contributed by atoms with Gasteiger partial charge in [-0.2, -0.15) is 0 Å². The summed E-state index contributed by atoms with van der Waals surface area (Å²) < 4.78 is 15.9. The van der Waals surface area contributed by atoms with Gasteiger partial charge in [0.1, 0.15) is 0 Å². The van der Waals surface area contributed by atoms with Crippen LogP contribution in [0.4, 0.5) is 0 Å². The third kappa shape index (κ3) is 5.93. The number of benzene rings is 1. The van der Waals surface area contributed by atoms with Crippen molar-refractivity contribution in [2.24, 2.45) is 4.99 Å². The Bertz CT molecular complexity index is 858. The number of ether oxygens (including phenoxy) is 2. The fraction of sp³-hybridized carbons (Fsp3) is 0.478. The summed E-state index contributed by atoms with van der Waals surface area (Å²) in [4.78, 5) is 21.3. The van der Waals surface area contributed by atoms with E-state index in [1.54, 1.807) is 26.4 Å². The van der Waals surface area contributed by atoms with Crippen molar-refractivity contribution in [1.82, 2.24) is 15.1 Å². The lowest BCUT2D eigenvalue weighted by Crippen LogP contribution is -2.53. The number of nitrogens with zero attached hydrogens (tertiary/aromatic N) is 3. The number of methoxy groups -OCH3 is 2. The van der Waals surface area contributed by atoms with Gasteiger partial charge in [-0.3, -0.25) is 9.79 Å². The zero-order chi connectivity index (χ0) is 22.1. The van der Waals surface area contributed by atoms with Crippen molar-refractivity contribution in [2.75, 3.05) is 53.5 Å². The van der Waals surface area contributed by atoms with E-state index in [1.165, 1.54) is 11.8 Å². The van der Waals surface area contributed by atoms with Gasteiger partial charge in [-0.05, 0) is 49.6 Å². The topological polar surface area (TPSA) is 79.5 Å². The highest BCUT2D eigenvalue weighted by Gasteiger charge is 2.25. The molecule has 8 nitrogen and oxygen atoms in total. The van der Waals surface area contributed by atoms with Crippen molar-refractivity contribution in [3.63, 3.8) is 0 Å². The van der Waals surface area contributed by atoms with Crippen LogP contribution in [0, 0.1) is 0 Å². The average Bonchev–Trinajstić information content (AvgIpc) is 3.35. The van der Waals surface area contributed by atoms with Crippen molar-refractivity contribution in [3.8, 4) is 11.5 Å². The fourth-order valence-electron chi connectivity index (χ4n) is 3.61. The molecule has 1 aliphatic heterocycles. The molecule has 0 saturated carbocycles. The lowest BCUT2D eigenvalue weighted by molar-refractivity contribution is 0.0657. The summed E-state index contributed by atoms with van der Waals surface area (Å²) in [6, 6.07) is 9.46. The van der Waals surface area contributed by atoms with Gasteiger partial charge >= 0.3 is 0 Å². The SMILES string of the molecule is CCNC(=NCCCc1ccc(OC)c(OC)c1)N1CCN(C(=O)c2ccco2)CC1. The summed E-state index contributed by atoms with van der Waals surface area (Å²) in [5, 5.41) is 3.37. The molecule has 1 aromatic carbocycles. The van der Waals surface area contributed by atoms with Gasteiger partial charge in [-0.15, -0.1) is 0 Å². The molecule has 0 unspecified atom stereocenters. The summed E-state index contributed by atoms with van der Waals surface area (Å²) in [6.07, 6.45) is 3.37. The largest absolute Gasteiger partial charge is 0.493 e. The monoisotopic (exact) mass is 428 g/mol. The Kier molecular flexibility index (Phi) is 8.20. The molecule has 0 aliphatic carbocycles. The van der Waals surface area contributed by atoms with Gasteiger partial charge < -0.3 is 29.0 Å². The number of hydrogen-bond donors (Lipinski definition) is 1. The van der Waals surface area contributed by atoms with E-state index in [4.69, 9.17) is 18.9 Å². The van der Waals surface area contributed by atoms with E-state index in [0.29, 0.717) is 18.8 Å². The predicted molar refractivity (Wildman–Crippen MR) is 120 cm³/mol. The van der Waals surface area contributed by atoms with Crippen LogP contribution >= 0.6 is 0 Å². The maximum Gasteiger partial charge on any atom is 0.289 e. The molecule has 8 heteroatoms. The number of carbonyl (C=O) groups is 1. The molecule has 2 aromatic rings. The molecule has 0 spiro atoms. The van der Waals surface area contributed by atoms with E-state index in [9.17, 15) is 4.79 Å². The third-order valence-electron chi connectivity index (χ3n) is 5.27. The van der Waals surface area contributed by atoms with Crippen LogP contribution < -0.4 is 14.8 Å². The summed E-state index contributed by atoms with van der Waals surface area (Å²) in [7, 11) is 3.29. The molecule has 0 radical (unpaired) electrons. The number of aliphatic imine (C=N–C) groups is 1. The maximum atomic E-state index is 12.4. The van der Waals surface area contributed by atoms with E-state index in [-0.39, 0.29) is 5.91 Å². The normalized spacial score (nSPS) is 14.5. The standard InChI is InChI=1S/C23H32N4O4/c1-4-24-23(25-11-5-7-18-9-10-19(29-2)21(17-18)30-3)27-14-12-26(13-15-27)22(28)20-8-6-16-31-20/h6,8-10,16-17H,4-5,7,11-15H2,1-3H3,(H,24,25). The van der Waals surface area contributed by atoms with Gasteiger partial charge in [-0.1, -0.05) is 6.07 Å². The summed E-state index contributed by atoms with van der Waals surface area (Å²) >= 11 is 0. The number of guanidine groups is 1. The van der Waals surface area contributed by atoms with Gasteiger partial charge in [-0.25, -0.2) is 0 Å². The fourth-order valence-corrected chi connectivity index (χ4v) is 3.61. The molecule has 1 fully saturated rings. The molecular formula is C23H32N4O4. The molecule has 0 bridgehead atoms. The second-order valence-corrected chi connectivity index (χ2v) is 7.29. The number of nitrogens with one attached hydrogen (secondary N) is 1. The number of furan rings is 1. The number of piperazine rings is 1. The zero-order valence-electron chi connectivity index (χ0n) is 18.6. The molecule has 1 amide bonds. The summed E-state index contributed by atoms with van der Waals surface area (Å²) in [5.74, 6) is 2.73. The Morgan fingerprint density at radius 3 is 2.48 bits per heavy atom. The average molecular weight is 429 g/mol. The van der Waals surface area contributed by atoms with E-state index < -0.39 is 0 Å². The van der Waals surface area contributed by atoms with E-state index in [1.807, 2.05) is 17.0 Å². The number of rotatable bonds is 8. The van der Waals surface area contributed by atoms with Crippen molar-refractivity contribution in [1.29, 1.82) is 0 Å². The van der Waals surface area contributed by atoms with Crippen LogP contribution in [-0.4, -0.2) is 75.2 Å². The minimum atomic E-state index is -0.0542. The molecule has 3 rings (SSSR count). The summed E-state index contributed by atoms with van der Waals surface area (Å²) in [5.41, 5.74) is 1.20. The molecular weight excluding hydrogens is 396 g/mol. The quantitative estimate of drug-likeness (QED) is 0.396. The number of aryl methyl sites for hydroxylation is 1. The van der Waals surface area contributed by atoms with Crippen molar-refractivity contribution in [2.45, 2.75) is 19.8 Å². The molecule has 1 saturated heterocycles. The van der Waals surface area contributed by atoms with Gasteiger partial charge in [0.25, 0.3) is 5.91 Å². The first-order valence-electron chi connectivity index (χ1n) is 10.7. The van der Waals surface area contributed by atoms with Crippen molar-refractivity contribution < 1.29 is 18.7 Å². The van der Waals surface area contributed by atoms with Gasteiger partial charge in [0.2, 0.25) is 0 Å². The van der Waals surface area contributed by atoms with Gasteiger partial charge in [0.15, 0.2) is 23.2 Å². The lowest BCUT2D eigenvalue weighted by atomic mass is 10.1. The third-order valence-corrected chi connectivity index (χ3v) is 5.27. The van der Waals surface area contributed by atoms with Crippen LogP contribution in [0.5, 0.6) is 11.5 Å². The highest BCUT2D eigenvalue weighted by molar-refractivity contribution is 5.91. The maximum absolute atomic E-state index is 12.4. The van der Waals surface area contributed by atoms with Crippen LogP contribution in [0.15, 0.2) is 46.0 Å². The van der Waals surface area contributed by atoms with Crippen LogP contribution in [0.2, 0.25) is 0 Å². The first-order valence-corrected chi connectivity index (χ1v) is 10.7. The number of hydrogen-bond acceptors (Lipinski definition) is 5. The highest BCUT2D eigenvalue weighted by atomic mass is 16.5.